The highest BCUT2D eigenvalue weighted by Crippen LogP contribution is 2.18. The minimum atomic E-state index is -0.00473. The van der Waals surface area contributed by atoms with Crippen LogP contribution in [0.4, 0.5) is 11.4 Å². The predicted octanol–water partition coefficient (Wildman–Crippen LogP) is 0.515. The summed E-state index contributed by atoms with van der Waals surface area (Å²) in [5.74, 6) is 1.43. The molecule has 0 unspecified atom stereocenters. The summed E-state index contributed by atoms with van der Waals surface area (Å²) in [6, 6.07) is 14.7. The molecule has 1 heterocycles. The van der Waals surface area contributed by atoms with E-state index in [9.17, 15) is 9.59 Å². The quantitative estimate of drug-likeness (QED) is 0.529. The monoisotopic (exact) mass is 436 g/mol. The second-order valence-electron chi connectivity index (χ2n) is 7.74. The lowest BCUT2D eigenvalue weighted by Gasteiger charge is -2.34. The normalized spacial score (nSPS) is 14.5. The van der Waals surface area contributed by atoms with E-state index in [1.807, 2.05) is 36.4 Å². The molecule has 8 nitrogen and oxygen atoms in total. The summed E-state index contributed by atoms with van der Waals surface area (Å²) in [5, 5.41) is 5.83. The molecule has 0 radical (unpaired) electrons. The SMILES string of the molecule is BOc1cccc(NC(=O)CCN2CCN(CCC(=O)Nc3cccc(OB)c3)CC2)c1. The van der Waals surface area contributed by atoms with Crippen LogP contribution in [0.3, 0.4) is 0 Å². The lowest BCUT2D eigenvalue weighted by Crippen LogP contribution is -2.47. The third kappa shape index (κ3) is 7.62. The van der Waals surface area contributed by atoms with Crippen LogP contribution in [0.1, 0.15) is 12.8 Å². The van der Waals surface area contributed by atoms with Gasteiger partial charge >= 0.3 is 16.1 Å². The minimum Gasteiger partial charge on any atom is -0.568 e. The summed E-state index contributed by atoms with van der Waals surface area (Å²) in [4.78, 5) is 29.1. The molecule has 2 N–H and O–H groups in total. The van der Waals surface area contributed by atoms with Crippen molar-refractivity contribution in [3.8, 4) is 11.5 Å². The topological polar surface area (TPSA) is 83.1 Å². The number of hydrogen-bond donors (Lipinski definition) is 2. The molecular weight excluding hydrogens is 406 g/mol. The van der Waals surface area contributed by atoms with Crippen molar-refractivity contribution in [2.24, 2.45) is 0 Å². The molecule has 0 aliphatic carbocycles. The summed E-state index contributed by atoms with van der Waals surface area (Å²) in [6.45, 7) is 5.02. The Morgan fingerprint density at radius 2 is 1.16 bits per heavy atom. The average molecular weight is 436 g/mol. The second-order valence-corrected chi connectivity index (χ2v) is 7.74. The van der Waals surface area contributed by atoms with E-state index in [0.29, 0.717) is 12.8 Å². The Labute approximate surface area is 191 Å². The number of nitrogens with zero attached hydrogens (tertiary/aromatic N) is 2. The standard InChI is InChI=1S/C22H30B2N4O4/c23-31-19-5-1-3-17(15-19)25-21(29)7-9-27-11-13-28(14-12-27)10-8-22(30)26-18-4-2-6-20(16-18)32-24/h1-6,15-16H,7-14,23-24H2,(H,25,29)(H,26,30). The summed E-state index contributed by atoms with van der Waals surface area (Å²) in [6.07, 6.45) is 0.889. The third-order valence-corrected chi connectivity index (χ3v) is 5.48. The van der Waals surface area contributed by atoms with Gasteiger partial charge in [0.05, 0.1) is 0 Å². The molecule has 0 aromatic heterocycles. The van der Waals surface area contributed by atoms with Gasteiger partial charge in [-0.25, -0.2) is 0 Å². The van der Waals surface area contributed by atoms with Gasteiger partial charge in [-0.3, -0.25) is 9.59 Å². The van der Waals surface area contributed by atoms with Crippen LogP contribution in [-0.4, -0.2) is 77.0 Å². The van der Waals surface area contributed by atoms with Crippen LogP contribution in [-0.2, 0) is 9.59 Å². The van der Waals surface area contributed by atoms with E-state index >= 15 is 0 Å². The number of carbonyl (C=O) groups is 2. The Bertz CT molecular complexity index is 834. The first-order valence-corrected chi connectivity index (χ1v) is 10.9. The fourth-order valence-corrected chi connectivity index (χ4v) is 3.60. The third-order valence-electron chi connectivity index (χ3n) is 5.48. The molecule has 168 valence electrons. The van der Waals surface area contributed by atoms with Crippen LogP contribution < -0.4 is 19.9 Å². The number of nitrogens with one attached hydrogen (secondary N) is 2. The van der Waals surface area contributed by atoms with Gasteiger partial charge in [-0.15, -0.1) is 0 Å². The molecule has 1 aliphatic heterocycles. The fourth-order valence-electron chi connectivity index (χ4n) is 3.60. The predicted molar refractivity (Wildman–Crippen MR) is 131 cm³/mol. The maximum absolute atomic E-state index is 12.2. The maximum atomic E-state index is 12.2. The van der Waals surface area contributed by atoms with Crippen LogP contribution in [0, 0.1) is 0 Å². The molecule has 1 saturated heterocycles. The van der Waals surface area contributed by atoms with Crippen molar-refractivity contribution in [3.63, 3.8) is 0 Å². The molecule has 10 heteroatoms. The van der Waals surface area contributed by atoms with Crippen LogP contribution in [0.5, 0.6) is 11.5 Å². The summed E-state index contributed by atoms with van der Waals surface area (Å²) in [5.41, 5.74) is 1.48. The van der Waals surface area contributed by atoms with E-state index in [1.165, 1.54) is 0 Å². The maximum Gasteiger partial charge on any atom is 0.322 e. The summed E-state index contributed by atoms with van der Waals surface area (Å²) >= 11 is 0. The molecular formula is C22H30B2N4O4. The van der Waals surface area contributed by atoms with Gasteiger partial charge in [0.15, 0.2) is 0 Å². The first kappa shape index (κ1) is 23.7. The van der Waals surface area contributed by atoms with Crippen molar-refractivity contribution >= 4 is 39.3 Å². The molecule has 0 spiro atoms. The van der Waals surface area contributed by atoms with Gasteiger partial charge in [0, 0.05) is 75.6 Å². The molecule has 0 bridgehead atoms. The highest BCUT2D eigenvalue weighted by Gasteiger charge is 2.18. The Morgan fingerprint density at radius 3 is 1.53 bits per heavy atom. The summed E-state index contributed by atoms with van der Waals surface area (Å²) < 4.78 is 10.4. The van der Waals surface area contributed by atoms with Crippen molar-refractivity contribution in [2.45, 2.75) is 12.8 Å². The lowest BCUT2D eigenvalue weighted by molar-refractivity contribution is -0.117. The number of anilines is 2. The Balaban J connectivity index is 1.31. The van der Waals surface area contributed by atoms with E-state index < -0.39 is 0 Å². The number of amides is 2. The van der Waals surface area contributed by atoms with Crippen molar-refractivity contribution in [1.29, 1.82) is 0 Å². The van der Waals surface area contributed by atoms with Gasteiger partial charge in [-0.05, 0) is 24.3 Å². The van der Waals surface area contributed by atoms with E-state index in [2.05, 4.69) is 20.4 Å². The van der Waals surface area contributed by atoms with Crippen LogP contribution >= 0.6 is 0 Å². The van der Waals surface area contributed by atoms with E-state index in [0.717, 1.165) is 62.1 Å². The molecule has 2 aromatic rings. The van der Waals surface area contributed by atoms with Gasteiger partial charge in [0.1, 0.15) is 11.5 Å². The number of carbonyl (C=O) groups excluding carboxylic acids is 2. The zero-order valence-corrected chi connectivity index (χ0v) is 18.8. The molecule has 1 aliphatic rings. The highest BCUT2D eigenvalue weighted by molar-refractivity contribution is 6.00. The van der Waals surface area contributed by atoms with Crippen LogP contribution in [0.2, 0.25) is 0 Å². The summed E-state index contributed by atoms with van der Waals surface area (Å²) in [7, 11) is 3.21. The highest BCUT2D eigenvalue weighted by atomic mass is 16.4. The smallest absolute Gasteiger partial charge is 0.322 e. The van der Waals surface area contributed by atoms with Crippen LogP contribution in [0.25, 0.3) is 0 Å². The van der Waals surface area contributed by atoms with Gasteiger partial charge in [0.25, 0.3) is 0 Å². The number of piperazine rings is 1. The largest absolute Gasteiger partial charge is 0.568 e. The minimum absolute atomic E-state index is 0.00473. The Morgan fingerprint density at radius 1 is 0.750 bits per heavy atom. The first-order chi connectivity index (χ1) is 15.6. The fraction of sp³-hybridized carbons (Fsp3) is 0.364. The van der Waals surface area contributed by atoms with Gasteiger partial charge < -0.3 is 29.7 Å². The lowest BCUT2D eigenvalue weighted by atomic mass is 10.2. The first-order valence-electron chi connectivity index (χ1n) is 10.9. The molecule has 32 heavy (non-hydrogen) atoms. The van der Waals surface area contributed by atoms with Gasteiger partial charge in [-0.1, -0.05) is 12.1 Å². The van der Waals surface area contributed by atoms with Crippen molar-refractivity contribution in [1.82, 2.24) is 9.80 Å². The Hall–Kier alpha value is -2.97. The molecule has 2 aromatic carbocycles. The zero-order chi connectivity index (χ0) is 22.8. The second kappa shape index (κ2) is 12.2. The van der Waals surface area contributed by atoms with Crippen molar-refractivity contribution in [3.05, 3.63) is 48.5 Å². The zero-order valence-electron chi connectivity index (χ0n) is 18.8. The van der Waals surface area contributed by atoms with E-state index in [-0.39, 0.29) is 11.8 Å². The number of hydrogen-bond acceptors (Lipinski definition) is 6. The number of rotatable bonds is 10. The molecule has 0 saturated carbocycles. The van der Waals surface area contributed by atoms with Crippen molar-refractivity contribution < 1.29 is 18.9 Å². The van der Waals surface area contributed by atoms with E-state index in [1.54, 1.807) is 28.2 Å². The molecule has 0 atom stereocenters. The average Bonchev–Trinajstić information content (AvgIpc) is 2.82. The van der Waals surface area contributed by atoms with E-state index in [4.69, 9.17) is 9.31 Å². The molecule has 3 rings (SSSR count). The Kier molecular flexibility index (Phi) is 9.01. The number of benzene rings is 2. The van der Waals surface area contributed by atoms with Crippen molar-refractivity contribution in [2.75, 3.05) is 49.9 Å². The van der Waals surface area contributed by atoms with Gasteiger partial charge in [0.2, 0.25) is 11.8 Å². The molecule has 2 amide bonds. The van der Waals surface area contributed by atoms with Crippen LogP contribution in [0.15, 0.2) is 48.5 Å². The molecule has 1 fully saturated rings. The van der Waals surface area contributed by atoms with Gasteiger partial charge in [-0.2, -0.15) is 0 Å².